The summed E-state index contributed by atoms with van der Waals surface area (Å²) in [7, 11) is 0. The predicted molar refractivity (Wildman–Crippen MR) is 123 cm³/mol. The van der Waals surface area contributed by atoms with Crippen LogP contribution >= 0.6 is 0 Å². The van der Waals surface area contributed by atoms with E-state index in [9.17, 15) is 26.7 Å². The van der Waals surface area contributed by atoms with E-state index in [2.05, 4.69) is 5.32 Å². The van der Waals surface area contributed by atoms with Crippen LogP contribution in [0.5, 0.6) is 0 Å². The molecule has 0 bridgehead atoms. The minimum Gasteiger partial charge on any atom is -0.381 e. The van der Waals surface area contributed by atoms with E-state index in [0.717, 1.165) is 23.8 Å². The van der Waals surface area contributed by atoms with Crippen molar-refractivity contribution in [2.75, 3.05) is 5.32 Å². The molecule has 0 saturated carbocycles. The molecule has 0 aliphatic carbocycles. The minimum absolute atomic E-state index is 0.0172. The normalized spacial score (nSPS) is 12.6. The van der Waals surface area contributed by atoms with Gasteiger partial charge in [0.1, 0.15) is 17.4 Å². The Morgan fingerprint density at radius 1 is 0.882 bits per heavy atom. The zero-order valence-corrected chi connectivity index (χ0v) is 19.1. The standard InChI is InChI=1S/C27H26F5NO/c1-16(2)8-26(17(3)34)21-11-20(19-4-6-22(7-5-19)27(30,31)32)12-25(13-21)33-15-18-9-23(28)14-24(29)10-18/h4-7,9-14,16,26,33H,8,15H2,1-3H3/t26-/m0/s1. The number of rotatable bonds is 8. The third kappa shape index (κ3) is 6.65. The van der Waals surface area contributed by atoms with Crippen LogP contribution in [0, 0.1) is 17.6 Å². The zero-order chi connectivity index (χ0) is 25.0. The maximum absolute atomic E-state index is 13.6. The number of hydrogen-bond acceptors (Lipinski definition) is 2. The van der Waals surface area contributed by atoms with Crippen LogP contribution in [0.2, 0.25) is 0 Å². The Balaban J connectivity index is 2.01. The van der Waals surface area contributed by atoms with E-state index in [-0.39, 0.29) is 24.2 Å². The first kappa shape index (κ1) is 25.4. The molecule has 0 saturated heterocycles. The number of carbonyl (C=O) groups is 1. The average Bonchev–Trinajstić information content (AvgIpc) is 2.74. The molecule has 1 atom stereocenters. The largest absolute Gasteiger partial charge is 0.416 e. The topological polar surface area (TPSA) is 29.1 Å². The molecule has 0 spiro atoms. The summed E-state index contributed by atoms with van der Waals surface area (Å²) in [6, 6.07) is 13.4. The van der Waals surface area contributed by atoms with Crippen LogP contribution in [0.4, 0.5) is 27.6 Å². The quantitative estimate of drug-likeness (QED) is 0.335. The highest BCUT2D eigenvalue weighted by atomic mass is 19.4. The minimum atomic E-state index is -4.44. The van der Waals surface area contributed by atoms with Gasteiger partial charge in [-0.05, 0) is 77.9 Å². The van der Waals surface area contributed by atoms with Crippen molar-refractivity contribution in [2.24, 2.45) is 5.92 Å². The lowest BCUT2D eigenvalue weighted by Gasteiger charge is -2.20. The van der Waals surface area contributed by atoms with E-state index in [0.29, 0.717) is 28.8 Å². The van der Waals surface area contributed by atoms with Crippen LogP contribution in [0.15, 0.2) is 60.7 Å². The Morgan fingerprint density at radius 3 is 2.03 bits per heavy atom. The van der Waals surface area contributed by atoms with E-state index >= 15 is 0 Å². The van der Waals surface area contributed by atoms with Crippen molar-refractivity contribution in [1.29, 1.82) is 0 Å². The number of Topliss-reactive ketones (excluding diaryl/α,β-unsaturated/α-hetero) is 1. The van der Waals surface area contributed by atoms with Crippen LogP contribution in [0.1, 0.15) is 49.8 Å². The SMILES string of the molecule is CC(=O)[C@H](CC(C)C)c1cc(NCc2cc(F)cc(F)c2)cc(-c2ccc(C(F)(F)F)cc2)c1. The van der Waals surface area contributed by atoms with E-state index in [1.807, 2.05) is 19.9 Å². The number of hydrogen-bond donors (Lipinski definition) is 1. The van der Waals surface area contributed by atoms with Crippen molar-refractivity contribution in [3.8, 4) is 11.1 Å². The van der Waals surface area contributed by atoms with Gasteiger partial charge in [-0.25, -0.2) is 8.78 Å². The smallest absolute Gasteiger partial charge is 0.381 e. The van der Waals surface area contributed by atoms with Crippen molar-refractivity contribution < 1.29 is 26.7 Å². The molecule has 0 aliphatic heterocycles. The Morgan fingerprint density at radius 2 is 1.50 bits per heavy atom. The van der Waals surface area contributed by atoms with E-state index < -0.39 is 23.4 Å². The number of anilines is 1. The molecular weight excluding hydrogens is 449 g/mol. The van der Waals surface area contributed by atoms with Gasteiger partial charge in [-0.15, -0.1) is 0 Å². The fraction of sp³-hybridized carbons (Fsp3) is 0.296. The van der Waals surface area contributed by atoms with Crippen LogP contribution < -0.4 is 5.32 Å². The van der Waals surface area contributed by atoms with E-state index in [4.69, 9.17) is 0 Å². The summed E-state index contributed by atoms with van der Waals surface area (Å²) >= 11 is 0. The van der Waals surface area contributed by atoms with Gasteiger partial charge in [0, 0.05) is 24.2 Å². The molecule has 3 aromatic carbocycles. The molecule has 0 amide bonds. The molecule has 7 heteroatoms. The molecule has 2 nitrogen and oxygen atoms in total. The van der Waals surface area contributed by atoms with Gasteiger partial charge < -0.3 is 5.32 Å². The Bertz CT molecular complexity index is 1130. The van der Waals surface area contributed by atoms with Gasteiger partial charge >= 0.3 is 6.18 Å². The summed E-state index contributed by atoms with van der Waals surface area (Å²) in [5.41, 5.74) is 2.15. The summed E-state index contributed by atoms with van der Waals surface area (Å²) in [6.45, 7) is 5.65. The predicted octanol–water partition coefficient (Wildman–Crippen LogP) is 7.98. The molecule has 0 radical (unpaired) electrons. The lowest BCUT2D eigenvalue weighted by atomic mass is 9.85. The lowest BCUT2D eigenvalue weighted by molar-refractivity contribution is -0.137. The third-order valence-corrected chi connectivity index (χ3v) is 5.52. The second-order valence-corrected chi connectivity index (χ2v) is 8.84. The van der Waals surface area contributed by atoms with Crippen molar-refractivity contribution in [1.82, 2.24) is 0 Å². The summed E-state index contributed by atoms with van der Waals surface area (Å²) in [4.78, 5) is 12.4. The molecule has 34 heavy (non-hydrogen) atoms. The van der Waals surface area contributed by atoms with Crippen LogP contribution in [-0.4, -0.2) is 5.78 Å². The molecule has 0 aromatic heterocycles. The fourth-order valence-corrected chi connectivity index (χ4v) is 3.90. The Labute approximate surface area is 195 Å². The second-order valence-electron chi connectivity index (χ2n) is 8.84. The number of ketones is 1. The maximum Gasteiger partial charge on any atom is 0.416 e. The molecule has 1 N–H and O–H groups in total. The number of carbonyl (C=O) groups excluding carboxylic acids is 1. The van der Waals surface area contributed by atoms with Crippen LogP contribution in [0.3, 0.4) is 0 Å². The highest BCUT2D eigenvalue weighted by Gasteiger charge is 2.30. The molecule has 3 aromatic rings. The van der Waals surface area contributed by atoms with Crippen molar-refractivity contribution in [2.45, 2.75) is 45.8 Å². The van der Waals surface area contributed by atoms with Gasteiger partial charge in [-0.1, -0.05) is 32.0 Å². The average molecular weight is 476 g/mol. The van der Waals surface area contributed by atoms with E-state index in [1.54, 1.807) is 12.1 Å². The summed E-state index contributed by atoms with van der Waals surface area (Å²) < 4.78 is 66.1. The van der Waals surface area contributed by atoms with Gasteiger partial charge in [0.15, 0.2) is 0 Å². The highest BCUT2D eigenvalue weighted by molar-refractivity contribution is 5.84. The first-order valence-corrected chi connectivity index (χ1v) is 10.9. The second kappa shape index (κ2) is 10.4. The van der Waals surface area contributed by atoms with Crippen LogP contribution in [0.25, 0.3) is 11.1 Å². The maximum atomic E-state index is 13.6. The van der Waals surface area contributed by atoms with Crippen molar-refractivity contribution >= 4 is 11.5 Å². The van der Waals surface area contributed by atoms with Gasteiger partial charge in [-0.2, -0.15) is 13.2 Å². The number of halogens is 5. The fourth-order valence-electron chi connectivity index (χ4n) is 3.90. The van der Waals surface area contributed by atoms with Gasteiger partial charge in [0.05, 0.1) is 5.56 Å². The third-order valence-electron chi connectivity index (χ3n) is 5.52. The molecule has 0 fully saturated rings. The monoisotopic (exact) mass is 475 g/mol. The number of nitrogens with one attached hydrogen (secondary N) is 1. The molecule has 0 heterocycles. The highest BCUT2D eigenvalue weighted by Crippen LogP contribution is 2.34. The molecular formula is C27H26F5NO. The number of benzene rings is 3. The van der Waals surface area contributed by atoms with Crippen molar-refractivity contribution in [3.63, 3.8) is 0 Å². The Hall–Kier alpha value is -3.22. The zero-order valence-electron chi connectivity index (χ0n) is 19.1. The molecule has 0 unspecified atom stereocenters. The first-order chi connectivity index (χ1) is 15.9. The first-order valence-electron chi connectivity index (χ1n) is 10.9. The molecule has 3 rings (SSSR count). The Kier molecular flexibility index (Phi) is 7.75. The van der Waals surface area contributed by atoms with Gasteiger partial charge in [0.25, 0.3) is 0 Å². The summed E-state index contributed by atoms with van der Waals surface area (Å²) in [5, 5.41) is 3.12. The van der Waals surface area contributed by atoms with Crippen LogP contribution in [-0.2, 0) is 17.5 Å². The summed E-state index contributed by atoms with van der Waals surface area (Å²) in [5.74, 6) is -1.54. The van der Waals surface area contributed by atoms with Crippen molar-refractivity contribution in [3.05, 3.63) is 89.0 Å². The van der Waals surface area contributed by atoms with E-state index in [1.165, 1.54) is 31.2 Å². The summed E-state index contributed by atoms with van der Waals surface area (Å²) in [6.07, 6.45) is -3.83. The van der Waals surface area contributed by atoms with Gasteiger partial charge in [0.2, 0.25) is 0 Å². The molecule has 180 valence electrons. The number of alkyl halides is 3. The lowest BCUT2D eigenvalue weighted by Crippen LogP contribution is -2.12. The van der Waals surface area contributed by atoms with Gasteiger partial charge in [-0.3, -0.25) is 4.79 Å². The molecule has 0 aliphatic rings.